The molecule has 0 fully saturated rings. The van der Waals surface area contributed by atoms with Gasteiger partial charge in [-0.15, -0.1) is 0 Å². The highest BCUT2D eigenvalue weighted by atomic mass is 16.5. The van der Waals surface area contributed by atoms with Gasteiger partial charge in [-0.3, -0.25) is 4.79 Å². The lowest BCUT2D eigenvalue weighted by Gasteiger charge is -2.05. The summed E-state index contributed by atoms with van der Waals surface area (Å²) in [5.41, 5.74) is 1.92. The number of Topliss-reactive ketones (excluding diaryl/α,β-unsaturated/α-hetero) is 1. The molecule has 0 saturated carbocycles. The Kier molecular flexibility index (Phi) is 4.93. The third-order valence-electron chi connectivity index (χ3n) is 2.90. The Bertz CT molecular complexity index is 517. The minimum atomic E-state index is 0.198. The fourth-order valence-corrected chi connectivity index (χ4v) is 1.90. The van der Waals surface area contributed by atoms with Crippen LogP contribution in [0.4, 0.5) is 0 Å². The fourth-order valence-electron chi connectivity index (χ4n) is 1.90. The van der Waals surface area contributed by atoms with Crippen LogP contribution < -0.4 is 0 Å². The number of aromatic nitrogens is 1. The molecule has 1 aromatic carbocycles. The fraction of sp³-hybridized carbons (Fsp3) is 0.312. The third kappa shape index (κ3) is 4.07. The Labute approximate surface area is 113 Å². The lowest BCUT2D eigenvalue weighted by atomic mass is 10.1. The van der Waals surface area contributed by atoms with E-state index in [1.165, 1.54) is 0 Å². The van der Waals surface area contributed by atoms with Crippen molar-refractivity contribution in [1.82, 2.24) is 4.57 Å². The summed E-state index contributed by atoms with van der Waals surface area (Å²) >= 11 is 0. The van der Waals surface area contributed by atoms with Crippen LogP contribution in [0.3, 0.4) is 0 Å². The van der Waals surface area contributed by atoms with E-state index < -0.39 is 0 Å². The van der Waals surface area contributed by atoms with Crippen molar-refractivity contribution in [1.29, 1.82) is 0 Å². The van der Waals surface area contributed by atoms with E-state index in [4.69, 9.17) is 4.74 Å². The SMILES string of the molecule is CCCC(=O)c1ccn(COCc2ccccc2)c1. The van der Waals surface area contributed by atoms with E-state index in [-0.39, 0.29) is 5.78 Å². The second-order valence-electron chi connectivity index (χ2n) is 4.55. The molecule has 0 unspecified atom stereocenters. The highest BCUT2D eigenvalue weighted by Gasteiger charge is 2.05. The molecular formula is C16H19NO2. The molecule has 1 heterocycles. The van der Waals surface area contributed by atoms with Gasteiger partial charge in [-0.05, 0) is 18.1 Å². The molecule has 19 heavy (non-hydrogen) atoms. The van der Waals surface area contributed by atoms with Crippen LogP contribution in [0, 0.1) is 0 Å². The molecule has 0 saturated heterocycles. The zero-order valence-corrected chi connectivity index (χ0v) is 11.2. The zero-order valence-electron chi connectivity index (χ0n) is 11.2. The predicted octanol–water partition coefficient (Wildman–Crippen LogP) is 3.65. The molecule has 0 spiro atoms. The van der Waals surface area contributed by atoms with Crippen LogP contribution in [0.25, 0.3) is 0 Å². The van der Waals surface area contributed by atoms with Gasteiger partial charge in [-0.1, -0.05) is 37.3 Å². The molecule has 0 amide bonds. The molecule has 2 rings (SSSR count). The van der Waals surface area contributed by atoms with Crippen LogP contribution in [0.2, 0.25) is 0 Å². The van der Waals surface area contributed by atoms with Crippen molar-refractivity contribution < 1.29 is 9.53 Å². The smallest absolute Gasteiger partial charge is 0.164 e. The minimum absolute atomic E-state index is 0.198. The normalized spacial score (nSPS) is 10.6. The van der Waals surface area contributed by atoms with E-state index in [0.29, 0.717) is 19.8 Å². The van der Waals surface area contributed by atoms with Gasteiger partial charge >= 0.3 is 0 Å². The molecule has 0 N–H and O–H groups in total. The lowest BCUT2D eigenvalue weighted by Crippen LogP contribution is -2.01. The van der Waals surface area contributed by atoms with Crippen molar-refractivity contribution in [3.8, 4) is 0 Å². The first kappa shape index (κ1) is 13.6. The summed E-state index contributed by atoms with van der Waals surface area (Å²) in [6, 6.07) is 11.9. The Morgan fingerprint density at radius 3 is 2.74 bits per heavy atom. The summed E-state index contributed by atoms with van der Waals surface area (Å²) in [6.07, 6.45) is 5.22. The van der Waals surface area contributed by atoms with Gasteiger partial charge in [0, 0.05) is 24.4 Å². The second kappa shape index (κ2) is 6.90. The molecule has 0 aliphatic carbocycles. The standard InChI is InChI=1S/C16H19NO2/c1-2-6-16(18)15-9-10-17(11-15)13-19-12-14-7-4-3-5-8-14/h3-5,7-11H,2,6,12-13H2,1H3. The monoisotopic (exact) mass is 257 g/mol. The van der Waals surface area contributed by atoms with Gasteiger partial charge in [-0.2, -0.15) is 0 Å². The Morgan fingerprint density at radius 2 is 2.00 bits per heavy atom. The molecule has 3 nitrogen and oxygen atoms in total. The number of hydrogen-bond acceptors (Lipinski definition) is 2. The molecule has 100 valence electrons. The van der Waals surface area contributed by atoms with E-state index in [9.17, 15) is 4.79 Å². The van der Waals surface area contributed by atoms with Crippen LogP contribution >= 0.6 is 0 Å². The van der Waals surface area contributed by atoms with Gasteiger partial charge in [0.1, 0.15) is 6.73 Å². The van der Waals surface area contributed by atoms with Crippen LogP contribution in [0.1, 0.15) is 35.7 Å². The van der Waals surface area contributed by atoms with Gasteiger partial charge in [0.05, 0.1) is 6.61 Å². The molecule has 2 aromatic rings. The van der Waals surface area contributed by atoms with E-state index in [1.807, 2.05) is 60.3 Å². The number of carbonyl (C=O) groups excluding carboxylic acids is 1. The van der Waals surface area contributed by atoms with Crippen LogP contribution in [-0.2, 0) is 18.1 Å². The summed E-state index contributed by atoms with van der Waals surface area (Å²) in [6.45, 7) is 3.06. The van der Waals surface area contributed by atoms with Crippen LogP contribution in [0.5, 0.6) is 0 Å². The average Bonchev–Trinajstić information content (AvgIpc) is 2.89. The predicted molar refractivity (Wildman–Crippen MR) is 74.9 cm³/mol. The Morgan fingerprint density at radius 1 is 1.21 bits per heavy atom. The Balaban J connectivity index is 1.82. The summed E-state index contributed by atoms with van der Waals surface area (Å²) < 4.78 is 7.51. The maximum atomic E-state index is 11.7. The third-order valence-corrected chi connectivity index (χ3v) is 2.90. The van der Waals surface area contributed by atoms with Gasteiger partial charge in [0.15, 0.2) is 5.78 Å². The van der Waals surface area contributed by atoms with Crippen LogP contribution in [0.15, 0.2) is 48.8 Å². The van der Waals surface area contributed by atoms with Crippen molar-refractivity contribution in [2.45, 2.75) is 33.1 Å². The number of ether oxygens (including phenoxy) is 1. The van der Waals surface area contributed by atoms with Crippen molar-refractivity contribution in [3.63, 3.8) is 0 Å². The number of ketones is 1. The van der Waals surface area contributed by atoms with Gasteiger partial charge < -0.3 is 9.30 Å². The number of rotatable bonds is 7. The quantitative estimate of drug-likeness (QED) is 0.709. The highest BCUT2D eigenvalue weighted by Crippen LogP contribution is 2.07. The van der Waals surface area contributed by atoms with E-state index in [0.717, 1.165) is 17.5 Å². The molecule has 0 radical (unpaired) electrons. The van der Waals surface area contributed by atoms with Crippen molar-refractivity contribution in [2.24, 2.45) is 0 Å². The maximum Gasteiger partial charge on any atom is 0.164 e. The molecule has 0 bridgehead atoms. The zero-order chi connectivity index (χ0) is 13.5. The molecule has 1 aromatic heterocycles. The number of carbonyl (C=O) groups is 1. The lowest BCUT2D eigenvalue weighted by molar-refractivity contribution is 0.0641. The summed E-state index contributed by atoms with van der Waals surface area (Å²) in [7, 11) is 0. The highest BCUT2D eigenvalue weighted by molar-refractivity contribution is 5.95. The van der Waals surface area contributed by atoms with Gasteiger partial charge in [0.25, 0.3) is 0 Å². The summed E-state index contributed by atoms with van der Waals surface area (Å²) in [5.74, 6) is 0.198. The van der Waals surface area contributed by atoms with Crippen molar-refractivity contribution in [3.05, 3.63) is 59.9 Å². The van der Waals surface area contributed by atoms with Crippen LogP contribution in [-0.4, -0.2) is 10.4 Å². The first-order valence-electron chi connectivity index (χ1n) is 6.60. The summed E-state index contributed by atoms with van der Waals surface area (Å²) in [4.78, 5) is 11.7. The number of hydrogen-bond donors (Lipinski definition) is 0. The molecule has 0 aliphatic rings. The molecule has 0 aliphatic heterocycles. The second-order valence-corrected chi connectivity index (χ2v) is 4.55. The molecular weight excluding hydrogens is 238 g/mol. The first-order valence-corrected chi connectivity index (χ1v) is 6.60. The van der Waals surface area contributed by atoms with Crippen molar-refractivity contribution >= 4 is 5.78 Å². The number of benzene rings is 1. The summed E-state index contributed by atoms with van der Waals surface area (Å²) in [5, 5.41) is 0. The van der Waals surface area contributed by atoms with E-state index in [1.54, 1.807) is 0 Å². The number of nitrogens with zero attached hydrogens (tertiary/aromatic N) is 1. The molecule has 3 heteroatoms. The topological polar surface area (TPSA) is 31.2 Å². The van der Waals surface area contributed by atoms with E-state index in [2.05, 4.69) is 0 Å². The van der Waals surface area contributed by atoms with E-state index >= 15 is 0 Å². The molecule has 0 atom stereocenters. The van der Waals surface area contributed by atoms with Crippen molar-refractivity contribution in [2.75, 3.05) is 0 Å². The first-order chi connectivity index (χ1) is 9.29. The van der Waals surface area contributed by atoms with Gasteiger partial charge in [-0.25, -0.2) is 0 Å². The average molecular weight is 257 g/mol. The van der Waals surface area contributed by atoms with Gasteiger partial charge in [0.2, 0.25) is 0 Å². The Hall–Kier alpha value is -1.87. The minimum Gasteiger partial charge on any atom is -0.356 e. The largest absolute Gasteiger partial charge is 0.356 e. The maximum absolute atomic E-state index is 11.7.